The summed E-state index contributed by atoms with van der Waals surface area (Å²) in [5.74, 6) is 0.367. The van der Waals surface area contributed by atoms with Gasteiger partial charge >= 0.3 is 0 Å². The molecule has 12 heteroatoms. The van der Waals surface area contributed by atoms with Gasteiger partial charge in [0.2, 0.25) is 5.90 Å². The van der Waals surface area contributed by atoms with E-state index in [1.165, 1.54) is 18.9 Å². The molecule has 0 fully saturated rings. The number of nitrogens with zero attached hydrogens (tertiary/aromatic N) is 3. The quantitative estimate of drug-likeness (QED) is 0.214. The fourth-order valence-electron chi connectivity index (χ4n) is 1.95. The molecular weight excluding hydrogens is 482 g/mol. The van der Waals surface area contributed by atoms with E-state index in [9.17, 15) is 17.5 Å². The summed E-state index contributed by atoms with van der Waals surface area (Å²) in [6.07, 6.45) is 8.30. The molecule has 7 nitrogen and oxygen atoms in total. The Hall–Kier alpha value is -1.66. The fraction of sp³-hybridized carbons (Fsp3) is 0.450. The molecule has 0 radical (unpaired) electrons. The molecule has 0 amide bonds. The summed E-state index contributed by atoms with van der Waals surface area (Å²) in [4.78, 5) is 4.88. The van der Waals surface area contributed by atoms with E-state index < -0.39 is 17.5 Å². The van der Waals surface area contributed by atoms with Gasteiger partial charge in [0.1, 0.15) is 0 Å². The normalized spacial score (nSPS) is 16.3. The minimum Gasteiger partial charge on any atom is -0.772 e. The van der Waals surface area contributed by atoms with Crippen LogP contribution in [0, 0.1) is 0 Å². The molecule has 1 rings (SSSR count). The van der Waals surface area contributed by atoms with E-state index in [1.54, 1.807) is 27.0 Å². The first kappa shape index (κ1) is 30.3. The molecule has 1 N–H and O–H groups in total. The molecule has 32 heavy (non-hydrogen) atoms. The highest BCUT2D eigenvalue weighted by Gasteiger charge is 2.12. The summed E-state index contributed by atoms with van der Waals surface area (Å²) in [6, 6.07) is 0. The topological polar surface area (TPSA) is 98.5 Å². The highest BCUT2D eigenvalue weighted by atomic mass is 35.5. The molecule has 1 atom stereocenters. The minimum absolute atomic E-state index is 0.145. The Labute approximate surface area is 199 Å². The van der Waals surface area contributed by atoms with Crippen LogP contribution in [0.3, 0.4) is 0 Å². The van der Waals surface area contributed by atoms with E-state index in [1.807, 2.05) is 24.3 Å². The zero-order valence-electron chi connectivity index (χ0n) is 18.4. The van der Waals surface area contributed by atoms with Crippen LogP contribution < -0.4 is 5.32 Å². The lowest BCUT2D eigenvalue weighted by Crippen LogP contribution is -2.23. The van der Waals surface area contributed by atoms with Crippen molar-refractivity contribution in [2.45, 2.75) is 26.7 Å². The van der Waals surface area contributed by atoms with E-state index in [-0.39, 0.29) is 11.7 Å². The number of methoxy groups -OCH3 is 1. The maximum atomic E-state index is 12.2. The molecule has 0 saturated carbocycles. The van der Waals surface area contributed by atoms with Crippen molar-refractivity contribution in [1.29, 1.82) is 0 Å². The zero-order chi connectivity index (χ0) is 24.4. The first-order chi connectivity index (χ1) is 15.3. The molecule has 1 unspecified atom stereocenters. The van der Waals surface area contributed by atoms with Gasteiger partial charge in [-0.2, -0.15) is 5.10 Å². The van der Waals surface area contributed by atoms with Gasteiger partial charge in [-0.25, -0.2) is 8.78 Å². The Bertz CT molecular complexity index is 811. The van der Waals surface area contributed by atoms with Gasteiger partial charge in [-0.15, -0.1) is 5.10 Å². The van der Waals surface area contributed by atoms with Crippen LogP contribution in [0.5, 0.6) is 0 Å². The van der Waals surface area contributed by atoms with Crippen LogP contribution in [0.2, 0.25) is 0 Å². The van der Waals surface area contributed by atoms with Crippen molar-refractivity contribution in [3.8, 4) is 0 Å². The van der Waals surface area contributed by atoms with E-state index in [2.05, 4.69) is 20.5 Å². The van der Waals surface area contributed by atoms with Crippen LogP contribution in [-0.2, 0) is 15.8 Å². The lowest BCUT2D eigenvalue weighted by atomic mass is 10.2. The number of hydrogen-bond donors (Lipinski definition) is 1. The van der Waals surface area contributed by atoms with Gasteiger partial charge in [0, 0.05) is 30.9 Å². The van der Waals surface area contributed by atoms with Crippen LogP contribution in [-0.4, -0.2) is 65.3 Å². The second kappa shape index (κ2) is 18.9. The van der Waals surface area contributed by atoms with E-state index in [4.69, 9.17) is 16.3 Å². The van der Waals surface area contributed by atoms with E-state index >= 15 is 0 Å². The number of nitrogens with one attached hydrogen (secondary N) is 1. The average molecular weight is 510 g/mol. The molecule has 0 heterocycles. The minimum atomic E-state index is -2.67. The molecular formula is C20H28ClF2N4O3S2-. The third-order valence-corrected chi connectivity index (χ3v) is 5.34. The summed E-state index contributed by atoms with van der Waals surface area (Å²) in [6.45, 7) is 4.53. The van der Waals surface area contributed by atoms with Crippen molar-refractivity contribution >= 4 is 51.6 Å². The first-order valence-corrected chi connectivity index (χ1v) is 11.9. The van der Waals surface area contributed by atoms with Crippen molar-refractivity contribution in [1.82, 2.24) is 5.32 Å². The SMILES string of the molecule is C/C=C(SC(CNCC1=CC(Cl)=CCC=C1)=NC)/C(=N/N=C/C(F)F)OC.CCS(=O)[O-]. The predicted molar refractivity (Wildman–Crippen MR) is 132 cm³/mol. The van der Waals surface area contributed by atoms with Gasteiger partial charge < -0.3 is 14.6 Å². The second-order valence-electron chi connectivity index (χ2n) is 5.72. The summed E-state index contributed by atoms with van der Waals surface area (Å²) >= 11 is 5.59. The van der Waals surface area contributed by atoms with Gasteiger partial charge in [0.15, 0.2) is 0 Å². The number of alkyl halides is 2. The monoisotopic (exact) mass is 509 g/mol. The Morgan fingerprint density at radius 3 is 2.72 bits per heavy atom. The highest BCUT2D eigenvalue weighted by Crippen LogP contribution is 2.20. The van der Waals surface area contributed by atoms with Crippen LogP contribution in [0.25, 0.3) is 0 Å². The molecule has 1 aliphatic rings. The molecule has 0 saturated heterocycles. The predicted octanol–water partition coefficient (Wildman–Crippen LogP) is 4.43. The van der Waals surface area contributed by atoms with Crippen LogP contribution >= 0.6 is 23.4 Å². The Balaban J connectivity index is 0.00000172. The summed E-state index contributed by atoms with van der Waals surface area (Å²) in [5, 5.41) is 11.8. The number of rotatable bonds is 9. The third kappa shape index (κ3) is 15.2. The lowest BCUT2D eigenvalue weighted by molar-refractivity contribution is 0.231. The van der Waals surface area contributed by atoms with E-state index in [0.717, 1.165) is 22.1 Å². The first-order valence-electron chi connectivity index (χ1n) is 9.50. The number of ether oxygens (including phenoxy) is 1. The second-order valence-corrected chi connectivity index (χ2v) is 8.46. The molecule has 0 aromatic carbocycles. The average Bonchev–Trinajstić information content (AvgIpc) is 2.98. The Morgan fingerprint density at radius 2 is 2.19 bits per heavy atom. The molecule has 0 bridgehead atoms. The zero-order valence-corrected chi connectivity index (χ0v) is 20.8. The molecule has 180 valence electrons. The van der Waals surface area contributed by atoms with Crippen LogP contribution in [0.15, 0.2) is 61.1 Å². The number of hydrogen-bond acceptors (Lipinski definition) is 8. The van der Waals surface area contributed by atoms with Crippen molar-refractivity contribution in [2.24, 2.45) is 15.2 Å². The van der Waals surface area contributed by atoms with Crippen molar-refractivity contribution in [3.05, 3.63) is 45.9 Å². The summed E-state index contributed by atoms with van der Waals surface area (Å²) in [5.41, 5.74) is 1.07. The molecule has 0 aliphatic heterocycles. The Kier molecular flexibility index (Phi) is 17.9. The molecule has 0 aromatic heterocycles. The smallest absolute Gasteiger partial charge is 0.275 e. The van der Waals surface area contributed by atoms with Gasteiger partial charge in [-0.3, -0.25) is 9.20 Å². The largest absolute Gasteiger partial charge is 0.772 e. The maximum absolute atomic E-state index is 12.2. The lowest BCUT2D eigenvalue weighted by Gasteiger charge is -2.11. The number of aliphatic imine (C=N–C) groups is 1. The third-order valence-electron chi connectivity index (χ3n) is 3.42. The number of halogens is 3. The summed E-state index contributed by atoms with van der Waals surface area (Å²) in [7, 11) is 3.09. The highest BCUT2D eigenvalue weighted by molar-refractivity contribution is 8.18. The van der Waals surface area contributed by atoms with Crippen molar-refractivity contribution in [2.75, 3.05) is 33.0 Å². The van der Waals surface area contributed by atoms with Gasteiger partial charge in [-0.05, 0) is 25.0 Å². The van der Waals surface area contributed by atoms with Crippen LogP contribution in [0.1, 0.15) is 20.3 Å². The molecule has 0 aromatic rings. The molecule has 1 aliphatic carbocycles. The van der Waals surface area contributed by atoms with Crippen molar-refractivity contribution < 1.29 is 22.3 Å². The van der Waals surface area contributed by atoms with Crippen LogP contribution in [0.4, 0.5) is 8.78 Å². The van der Waals surface area contributed by atoms with Gasteiger partial charge in [-0.1, -0.05) is 65.7 Å². The van der Waals surface area contributed by atoms with Crippen molar-refractivity contribution in [3.63, 3.8) is 0 Å². The van der Waals surface area contributed by atoms with E-state index in [0.29, 0.717) is 24.2 Å². The number of thioether (sulfide) groups is 1. The molecule has 0 spiro atoms. The summed E-state index contributed by atoms with van der Waals surface area (Å²) < 4.78 is 48.2. The fourth-order valence-corrected chi connectivity index (χ4v) is 3.03. The maximum Gasteiger partial charge on any atom is 0.275 e. The van der Waals surface area contributed by atoms with Gasteiger partial charge in [0.25, 0.3) is 6.43 Å². The Morgan fingerprint density at radius 1 is 1.50 bits per heavy atom. The number of allylic oxidation sites excluding steroid dienone is 5. The standard InChI is InChI=1S/C18H23ClF2N4OS.C2H6O2S/c1-4-15(18(26-3)25-24-11-16(20)21)27-17(22-2)12-23-10-13-7-5-6-8-14(19)9-13;1-2-5(3)4/h4-5,7-9,11,16,23H,6,10,12H2,1-3H3;2H2,1H3,(H,3,4)/p-1/b15-4-,22-17?,24-11+,25-18-;. The van der Waals surface area contributed by atoms with Gasteiger partial charge in [0.05, 0.1) is 23.3 Å².